The molecule has 31 heavy (non-hydrogen) atoms. The summed E-state index contributed by atoms with van der Waals surface area (Å²) in [6, 6.07) is 3.77. The maximum atomic E-state index is 14.4. The molecule has 2 heterocycles. The number of rotatable bonds is 6. The van der Waals surface area contributed by atoms with Gasteiger partial charge >= 0.3 is 6.03 Å². The average molecular weight is 427 g/mol. The highest BCUT2D eigenvalue weighted by Crippen LogP contribution is 2.30. The van der Waals surface area contributed by atoms with Crippen LogP contribution in [0.25, 0.3) is 22.0 Å². The first kappa shape index (κ1) is 22.2. The van der Waals surface area contributed by atoms with Crippen LogP contribution >= 0.6 is 0 Å². The number of nitrogens with one attached hydrogen (secondary N) is 4. The molecule has 0 saturated carbocycles. The Hall–Kier alpha value is -3.46. The zero-order valence-electron chi connectivity index (χ0n) is 17.9. The number of halogens is 1. The summed E-state index contributed by atoms with van der Waals surface area (Å²) in [5.74, 6) is -0.0199. The number of urea groups is 1. The lowest BCUT2D eigenvalue weighted by Crippen LogP contribution is -2.34. The van der Waals surface area contributed by atoms with Gasteiger partial charge in [-0.25, -0.2) is 14.2 Å². The average Bonchev–Trinajstić information content (AvgIpc) is 2.70. The Morgan fingerprint density at radius 2 is 2.00 bits per heavy atom. The number of hydrogen-bond acceptors (Lipinski definition) is 5. The molecule has 5 N–H and O–H groups in total. The van der Waals surface area contributed by atoms with E-state index < -0.39 is 11.8 Å². The summed E-state index contributed by atoms with van der Waals surface area (Å²) in [5, 5.41) is 18.2. The van der Waals surface area contributed by atoms with Crippen LogP contribution in [0.4, 0.5) is 20.7 Å². The number of aromatic amines is 1. The second-order valence-electron chi connectivity index (χ2n) is 7.55. The van der Waals surface area contributed by atoms with Gasteiger partial charge in [0.2, 0.25) is 0 Å². The van der Waals surface area contributed by atoms with Gasteiger partial charge in [0.05, 0.1) is 11.2 Å². The third kappa shape index (κ3) is 4.66. The predicted octanol–water partition coefficient (Wildman–Crippen LogP) is 3.14. The number of H-pyrrole nitrogens is 1. The Morgan fingerprint density at radius 3 is 2.65 bits per heavy atom. The minimum absolute atomic E-state index is 0.0251. The first-order valence-electron chi connectivity index (χ1n) is 9.96. The molecule has 0 atom stereocenters. The van der Waals surface area contributed by atoms with E-state index in [4.69, 9.17) is 0 Å². The molecule has 1 aromatic carbocycles. The maximum absolute atomic E-state index is 14.4. The van der Waals surface area contributed by atoms with Gasteiger partial charge in [0, 0.05) is 48.8 Å². The van der Waals surface area contributed by atoms with Crippen LogP contribution in [0.5, 0.6) is 0 Å². The molecule has 3 rings (SSSR count). The standard InChI is InChI=1S/C22H26FN5O3/c1-11(2)26-22(31)27-18-9-15(12(3)7-17(18)23)16-8-13-10-25-20(24-4)14(5-6-29)19(13)28-21(16)30/h7-11,29H,5-6H2,1-4H3,(H,24,25)(H,28,30)(H2,26,27,31). The highest BCUT2D eigenvalue weighted by molar-refractivity contribution is 5.92. The molecule has 0 saturated heterocycles. The number of carbonyl (C=O) groups excluding carboxylic acids is 1. The topological polar surface area (TPSA) is 119 Å². The molecule has 0 spiro atoms. The first-order valence-corrected chi connectivity index (χ1v) is 9.96. The van der Waals surface area contributed by atoms with Crippen LogP contribution in [0.1, 0.15) is 25.0 Å². The van der Waals surface area contributed by atoms with Crippen molar-refractivity contribution in [2.75, 3.05) is 24.3 Å². The van der Waals surface area contributed by atoms with Gasteiger partial charge in [-0.2, -0.15) is 0 Å². The molecule has 164 valence electrons. The summed E-state index contributed by atoms with van der Waals surface area (Å²) in [5.41, 5.74) is 2.26. The lowest BCUT2D eigenvalue weighted by molar-refractivity contribution is 0.250. The van der Waals surface area contributed by atoms with Crippen molar-refractivity contribution >= 4 is 28.4 Å². The van der Waals surface area contributed by atoms with Crippen LogP contribution in [-0.4, -0.2) is 40.8 Å². The molecule has 0 bridgehead atoms. The number of amides is 2. The SMILES string of the molecule is CNc1ncc2cc(-c3cc(NC(=O)NC(C)C)c(F)cc3C)c(=O)[nH]c2c1CCO. The van der Waals surface area contributed by atoms with E-state index in [1.807, 2.05) is 0 Å². The second kappa shape index (κ2) is 9.13. The van der Waals surface area contributed by atoms with E-state index in [0.717, 1.165) is 0 Å². The monoisotopic (exact) mass is 427 g/mol. The van der Waals surface area contributed by atoms with Gasteiger partial charge in [0.1, 0.15) is 11.6 Å². The van der Waals surface area contributed by atoms with Crippen molar-refractivity contribution in [2.45, 2.75) is 33.2 Å². The molecule has 3 aromatic rings. The summed E-state index contributed by atoms with van der Waals surface area (Å²) in [7, 11) is 1.72. The van der Waals surface area contributed by atoms with E-state index >= 15 is 0 Å². The molecule has 0 fully saturated rings. The van der Waals surface area contributed by atoms with Gasteiger partial charge in [0.25, 0.3) is 5.56 Å². The number of hydrogen-bond donors (Lipinski definition) is 5. The van der Waals surface area contributed by atoms with E-state index in [9.17, 15) is 19.1 Å². The summed E-state index contributed by atoms with van der Waals surface area (Å²) >= 11 is 0. The van der Waals surface area contributed by atoms with E-state index in [1.54, 1.807) is 40.1 Å². The zero-order valence-corrected chi connectivity index (χ0v) is 17.9. The fourth-order valence-electron chi connectivity index (χ4n) is 3.48. The van der Waals surface area contributed by atoms with E-state index in [2.05, 4.69) is 25.9 Å². The minimum atomic E-state index is -0.595. The smallest absolute Gasteiger partial charge is 0.319 e. The number of pyridine rings is 2. The minimum Gasteiger partial charge on any atom is -0.396 e. The predicted molar refractivity (Wildman–Crippen MR) is 120 cm³/mol. The summed E-state index contributed by atoms with van der Waals surface area (Å²) < 4.78 is 14.4. The summed E-state index contributed by atoms with van der Waals surface area (Å²) in [6.07, 6.45) is 1.94. The van der Waals surface area contributed by atoms with Gasteiger partial charge in [-0.15, -0.1) is 0 Å². The first-order chi connectivity index (χ1) is 14.7. The van der Waals surface area contributed by atoms with Crippen LogP contribution in [-0.2, 0) is 6.42 Å². The van der Waals surface area contributed by atoms with E-state index in [-0.39, 0.29) is 23.9 Å². The number of fused-ring (bicyclic) bond motifs is 1. The van der Waals surface area contributed by atoms with Gasteiger partial charge in [0.15, 0.2) is 0 Å². The Labute approximate surface area is 178 Å². The third-order valence-electron chi connectivity index (χ3n) is 4.86. The lowest BCUT2D eigenvalue weighted by atomic mass is 9.98. The van der Waals surface area contributed by atoms with Crippen molar-refractivity contribution in [3.8, 4) is 11.1 Å². The Morgan fingerprint density at radius 1 is 1.26 bits per heavy atom. The molecule has 0 unspecified atom stereocenters. The number of carbonyl (C=O) groups is 1. The normalized spacial score (nSPS) is 11.1. The Balaban J connectivity index is 2.13. The number of benzene rings is 1. The molecular formula is C22H26FN5O3. The zero-order chi connectivity index (χ0) is 22.7. The molecule has 2 aromatic heterocycles. The number of nitrogens with zero attached hydrogens (tertiary/aromatic N) is 1. The van der Waals surface area contributed by atoms with Gasteiger partial charge in [-0.3, -0.25) is 4.79 Å². The van der Waals surface area contributed by atoms with Crippen molar-refractivity contribution in [3.05, 3.63) is 51.7 Å². The van der Waals surface area contributed by atoms with Gasteiger partial charge < -0.3 is 26.0 Å². The van der Waals surface area contributed by atoms with Crippen molar-refractivity contribution < 1.29 is 14.3 Å². The van der Waals surface area contributed by atoms with Crippen LogP contribution in [0, 0.1) is 12.7 Å². The number of aliphatic hydroxyl groups is 1. The number of aryl methyl sites for hydroxylation is 1. The van der Waals surface area contributed by atoms with Gasteiger partial charge in [-0.05, 0) is 50.1 Å². The molecular weight excluding hydrogens is 401 g/mol. The number of anilines is 2. The van der Waals surface area contributed by atoms with Crippen LogP contribution in [0.15, 0.2) is 29.2 Å². The molecule has 0 radical (unpaired) electrons. The molecule has 0 aliphatic carbocycles. The fourth-order valence-corrected chi connectivity index (χ4v) is 3.48. The van der Waals surface area contributed by atoms with Crippen molar-refractivity contribution in [1.29, 1.82) is 0 Å². The molecule has 0 aliphatic heterocycles. The summed E-state index contributed by atoms with van der Waals surface area (Å²) in [4.78, 5) is 32.2. The third-order valence-corrected chi connectivity index (χ3v) is 4.86. The molecule has 8 nitrogen and oxygen atoms in total. The summed E-state index contributed by atoms with van der Waals surface area (Å²) in [6.45, 7) is 5.19. The highest BCUT2D eigenvalue weighted by atomic mass is 19.1. The number of aromatic nitrogens is 2. The van der Waals surface area contributed by atoms with Crippen molar-refractivity contribution in [3.63, 3.8) is 0 Å². The quantitative estimate of drug-likeness (QED) is 0.414. The van der Waals surface area contributed by atoms with Gasteiger partial charge in [-0.1, -0.05) is 0 Å². The maximum Gasteiger partial charge on any atom is 0.319 e. The van der Waals surface area contributed by atoms with Crippen molar-refractivity contribution in [1.82, 2.24) is 15.3 Å². The van der Waals surface area contributed by atoms with Crippen LogP contribution in [0.3, 0.4) is 0 Å². The largest absolute Gasteiger partial charge is 0.396 e. The van der Waals surface area contributed by atoms with Crippen LogP contribution < -0.4 is 21.5 Å². The van der Waals surface area contributed by atoms with E-state index in [1.165, 1.54) is 12.1 Å². The number of aliphatic hydroxyl groups excluding tert-OH is 1. The Kier molecular flexibility index (Phi) is 6.55. The molecule has 9 heteroatoms. The molecule has 2 amide bonds. The second-order valence-corrected chi connectivity index (χ2v) is 7.55. The van der Waals surface area contributed by atoms with Crippen LogP contribution in [0.2, 0.25) is 0 Å². The molecule has 0 aliphatic rings. The van der Waals surface area contributed by atoms with Crippen molar-refractivity contribution in [2.24, 2.45) is 0 Å². The van der Waals surface area contributed by atoms with E-state index in [0.29, 0.717) is 45.4 Å². The fraction of sp³-hybridized carbons (Fsp3) is 0.318. The Bertz CT molecular complexity index is 1190. The lowest BCUT2D eigenvalue weighted by Gasteiger charge is -2.15. The highest BCUT2D eigenvalue weighted by Gasteiger charge is 2.16.